The Bertz CT molecular complexity index is 1270. The van der Waals surface area contributed by atoms with Gasteiger partial charge >= 0.3 is 0 Å². The lowest BCUT2D eigenvalue weighted by atomic mass is 9.78. The van der Waals surface area contributed by atoms with Crippen LogP contribution in [0.15, 0.2) is 66.7 Å². The highest BCUT2D eigenvalue weighted by molar-refractivity contribution is 7.80. The molecule has 2 bridgehead atoms. The lowest BCUT2D eigenvalue weighted by Crippen LogP contribution is -2.72. The number of anilines is 2. The first kappa shape index (κ1) is 21.5. The van der Waals surface area contributed by atoms with Gasteiger partial charge < -0.3 is 15.4 Å². The SMILES string of the molecule is Cc1ccc(NC(=O)[C@H]2[C@H]3NC(=S)N(c4ccccc4C)[C@@]2(C)Oc2ccccc23)c(C)c1. The number of hydrogen-bond acceptors (Lipinski definition) is 3. The van der Waals surface area contributed by atoms with Crippen molar-refractivity contribution in [2.45, 2.75) is 39.5 Å². The predicted molar refractivity (Wildman–Crippen MR) is 136 cm³/mol. The Morgan fingerprint density at radius 3 is 2.52 bits per heavy atom. The Labute approximate surface area is 199 Å². The Balaban J connectivity index is 1.63. The van der Waals surface area contributed by atoms with Gasteiger partial charge in [-0.2, -0.15) is 0 Å². The van der Waals surface area contributed by atoms with Crippen molar-refractivity contribution in [1.29, 1.82) is 0 Å². The summed E-state index contributed by atoms with van der Waals surface area (Å²) in [5, 5.41) is 7.17. The second-order valence-corrected chi connectivity index (χ2v) is 9.42. The van der Waals surface area contributed by atoms with Crippen LogP contribution in [0.5, 0.6) is 5.75 Å². The van der Waals surface area contributed by atoms with Crippen LogP contribution in [0, 0.1) is 26.7 Å². The zero-order valence-electron chi connectivity index (χ0n) is 19.2. The maximum atomic E-state index is 13.9. The van der Waals surface area contributed by atoms with Crippen LogP contribution in [0.2, 0.25) is 0 Å². The van der Waals surface area contributed by atoms with Gasteiger partial charge in [-0.05, 0) is 69.2 Å². The summed E-state index contributed by atoms with van der Waals surface area (Å²) in [6, 6.07) is 21.6. The quantitative estimate of drug-likeness (QED) is 0.515. The molecule has 0 aliphatic carbocycles. The molecule has 0 saturated carbocycles. The highest BCUT2D eigenvalue weighted by atomic mass is 32.1. The summed E-state index contributed by atoms with van der Waals surface area (Å²) >= 11 is 5.83. The maximum absolute atomic E-state index is 13.9. The van der Waals surface area contributed by atoms with Crippen molar-refractivity contribution < 1.29 is 9.53 Å². The third-order valence-electron chi connectivity index (χ3n) is 6.69. The Morgan fingerprint density at radius 2 is 1.76 bits per heavy atom. The molecule has 33 heavy (non-hydrogen) atoms. The zero-order chi connectivity index (χ0) is 23.3. The van der Waals surface area contributed by atoms with Crippen LogP contribution < -0.4 is 20.3 Å². The Hall–Kier alpha value is -3.38. The lowest BCUT2D eigenvalue weighted by Gasteiger charge is -2.56. The van der Waals surface area contributed by atoms with Crippen LogP contribution >= 0.6 is 12.2 Å². The van der Waals surface area contributed by atoms with E-state index in [4.69, 9.17) is 17.0 Å². The molecule has 2 aliphatic heterocycles. The van der Waals surface area contributed by atoms with Crippen LogP contribution in [0.25, 0.3) is 0 Å². The van der Waals surface area contributed by atoms with Gasteiger partial charge in [0.15, 0.2) is 10.8 Å². The molecule has 6 heteroatoms. The molecule has 2 aliphatic rings. The molecule has 1 fully saturated rings. The molecule has 1 amide bonds. The molecule has 168 valence electrons. The number of hydrogen-bond donors (Lipinski definition) is 2. The highest BCUT2D eigenvalue weighted by Gasteiger charge is 2.59. The van der Waals surface area contributed by atoms with Crippen LogP contribution in [0.4, 0.5) is 11.4 Å². The number of aryl methyl sites for hydroxylation is 3. The fourth-order valence-corrected chi connectivity index (χ4v) is 5.48. The standard InChI is InChI=1S/C27H27N3O2S/c1-16-13-14-20(18(3)15-16)28-25(31)23-24-19-10-6-8-12-22(19)32-27(23,4)30(26(33)29-24)21-11-7-5-9-17(21)2/h5-15,23-24H,1-4H3,(H,28,31)(H,29,33)/t23-,24+,27+/m1/s1. The van der Waals surface area contributed by atoms with Crippen LogP contribution in [0.3, 0.4) is 0 Å². The molecule has 0 spiro atoms. The number of amides is 1. The molecule has 3 aromatic carbocycles. The van der Waals surface area contributed by atoms with E-state index in [-0.39, 0.29) is 11.9 Å². The maximum Gasteiger partial charge on any atom is 0.236 e. The number of carbonyl (C=O) groups excluding carboxylic acids is 1. The first-order chi connectivity index (χ1) is 15.8. The third kappa shape index (κ3) is 3.45. The van der Waals surface area contributed by atoms with Gasteiger partial charge in [-0.15, -0.1) is 0 Å². The zero-order valence-corrected chi connectivity index (χ0v) is 20.0. The average Bonchev–Trinajstić information content (AvgIpc) is 2.76. The summed E-state index contributed by atoms with van der Waals surface area (Å²) in [6.45, 7) is 8.04. The molecule has 1 saturated heterocycles. The molecular weight excluding hydrogens is 430 g/mol. The van der Waals surface area contributed by atoms with E-state index < -0.39 is 11.6 Å². The number of thiocarbonyl (C=S) groups is 1. The first-order valence-corrected chi connectivity index (χ1v) is 11.5. The summed E-state index contributed by atoms with van der Waals surface area (Å²) < 4.78 is 6.64. The van der Waals surface area contributed by atoms with Crippen LogP contribution in [-0.2, 0) is 4.79 Å². The van der Waals surface area contributed by atoms with Crippen molar-refractivity contribution in [2.24, 2.45) is 5.92 Å². The number of nitrogens with one attached hydrogen (secondary N) is 2. The summed E-state index contributed by atoms with van der Waals surface area (Å²) in [6.07, 6.45) is 0. The van der Waals surface area contributed by atoms with E-state index >= 15 is 0 Å². The van der Waals surface area contributed by atoms with E-state index in [1.54, 1.807) is 0 Å². The van der Waals surface area contributed by atoms with Crippen molar-refractivity contribution in [2.75, 3.05) is 10.2 Å². The minimum Gasteiger partial charge on any atom is -0.467 e. The first-order valence-electron chi connectivity index (χ1n) is 11.1. The van der Waals surface area contributed by atoms with Crippen molar-refractivity contribution in [3.63, 3.8) is 0 Å². The molecule has 3 atom stereocenters. The number of ether oxygens (including phenoxy) is 1. The van der Waals surface area contributed by atoms with E-state index in [0.29, 0.717) is 5.11 Å². The molecule has 2 N–H and O–H groups in total. The fourth-order valence-electron chi connectivity index (χ4n) is 5.07. The molecule has 0 unspecified atom stereocenters. The minimum atomic E-state index is -1.02. The fraction of sp³-hybridized carbons (Fsp3) is 0.259. The van der Waals surface area contributed by atoms with Crippen molar-refractivity contribution >= 4 is 34.6 Å². The third-order valence-corrected chi connectivity index (χ3v) is 6.99. The van der Waals surface area contributed by atoms with E-state index in [1.165, 1.54) is 0 Å². The summed E-state index contributed by atoms with van der Waals surface area (Å²) in [5.74, 6) is 0.0890. The molecule has 5 nitrogen and oxygen atoms in total. The molecule has 0 radical (unpaired) electrons. The largest absolute Gasteiger partial charge is 0.467 e. The predicted octanol–water partition coefficient (Wildman–Crippen LogP) is 5.41. The molecule has 5 rings (SSSR count). The minimum absolute atomic E-state index is 0.113. The number of rotatable bonds is 3. The number of para-hydroxylation sites is 2. The van der Waals surface area contributed by atoms with Crippen LogP contribution in [-0.4, -0.2) is 16.7 Å². The van der Waals surface area contributed by atoms with Crippen molar-refractivity contribution in [1.82, 2.24) is 5.32 Å². The normalized spacial score (nSPS) is 23.3. The number of fused-ring (bicyclic) bond motifs is 4. The summed E-state index contributed by atoms with van der Waals surface area (Å²) in [5.41, 5.74) is 4.86. The molecular formula is C27H27N3O2S. The van der Waals surface area contributed by atoms with Gasteiger partial charge in [0.2, 0.25) is 5.91 Å². The summed E-state index contributed by atoms with van der Waals surface area (Å²) in [7, 11) is 0. The average molecular weight is 458 g/mol. The number of benzene rings is 3. The van der Waals surface area contributed by atoms with Gasteiger partial charge in [0.1, 0.15) is 11.7 Å². The van der Waals surface area contributed by atoms with E-state index in [0.717, 1.165) is 39.4 Å². The number of carbonyl (C=O) groups is 1. The van der Waals surface area contributed by atoms with E-state index in [1.807, 2.05) is 93.3 Å². The molecule has 3 aromatic rings. The van der Waals surface area contributed by atoms with Gasteiger partial charge in [0.25, 0.3) is 0 Å². The summed E-state index contributed by atoms with van der Waals surface area (Å²) in [4.78, 5) is 15.9. The van der Waals surface area contributed by atoms with Crippen LogP contribution in [0.1, 0.15) is 35.2 Å². The number of nitrogens with zero attached hydrogens (tertiary/aromatic N) is 1. The van der Waals surface area contributed by atoms with Gasteiger partial charge in [-0.1, -0.05) is 54.1 Å². The van der Waals surface area contributed by atoms with Gasteiger partial charge in [0.05, 0.1) is 6.04 Å². The van der Waals surface area contributed by atoms with Gasteiger partial charge in [-0.25, -0.2) is 0 Å². The van der Waals surface area contributed by atoms with Gasteiger partial charge in [0, 0.05) is 16.9 Å². The molecule has 0 aromatic heterocycles. The molecule has 2 heterocycles. The second-order valence-electron chi connectivity index (χ2n) is 9.03. The van der Waals surface area contributed by atoms with E-state index in [2.05, 4.69) is 16.7 Å². The Kier molecular flexibility index (Phi) is 5.13. The highest BCUT2D eigenvalue weighted by Crippen LogP contribution is 2.50. The monoisotopic (exact) mass is 457 g/mol. The van der Waals surface area contributed by atoms with Crippen molar-refractivity contribution in [3.05, 3.63) is 89.0 Å². The Morgan fingerprint density at radius 1 is 1.03 bits per heavy atom. The van der Waals surface area contributed by atoms with Crippen molar-refractivity contribution in [3.8, 4) is 5.75 Å². The smallest absolute Gasteiger partial charge is 0.236 e. The lowest BCUT2D eigenvalue weighted by molar-refractivity contribution is -0.130. The van der Waals surface area contributed by atoms with Gasteiger partial charge in [-0.3, -0.25) is 9.69 Å². The topological polar surface area (TPSA) is 53.6 Å². The van der Waals surface area contributed by atoms with E-state index in [9.17, 15) is 4.79 Å². The second kappa shape index (κ2) is 7.89.